The third-order valence-corrected chi connectivity index (χ3v) is 2.63. The lowest BCUT2D eigenvalue weighted by Crippen LogP contribution is -2.27. The first-order valence-electron chi connectivity index (χ1n) is 6.14. The van der Waals surface area contributed by atoms with E-state index < -0.39 is 0 Å². The van der Waals surface area contributed by atoms with Crippen LogP contribution >= 0.6 is 15.9 Å². The number of rotatable bonds is 5. The summed E-state index contributed by atoms with van der Waals surface area (Å²) in [6.07, 6.45) is 0.0888. The second-order valence-corrected chi connectivity index (χ2v) is 5.86. The third kappa shape index (κ3) is 5.08. The van der Waals surface area contributed by atoms with Crippen molar-refractivity contribution in [1.29, 1.82) is 0 Å². The molecule has 0 bridgehead atoms. The van der Waals surface area contributed by atoms with Gasteiger partial charge in [0.2, 0.25) is 0 Å². The van der Waals surface area contributed by atoms with Crippen molar-refractivity contribution >= 4 is 21.8 Å². The summed E-state index contributed by atoms with van der Waals surface area (Å²) in [5.74, 6) is 1.07. The Bertz CT molecular complexity index is 416. The minimum Gasteiger partial charge on any atom is -0.491 e. The molecule has 100 valence electrons. The van der Waals surface area contributed by atoms with Crippen LogP contribution in [-0.2, 0) is 0 Å². The van der Waals surface area contributed by atoms with Gasteiger partial charge in [-0.15, -0.1) is 0 Å². The molecular weight excluding hydrogens is 294 g/mol. The van der Waals surface area contributed by atoms with Gasteiger partial charge in [-0.1, -0.05) is 29.8 Å². The smallest absolute Gasteiger partial charge is 0.251 e. The zero-order valence-electron chi connectivity index (χ0n) is 11.3. The molecule has 1 rings (SSSR count). The van der Waals surface area contributed by atoms with Gasteiger partial charge in [-0.3, -0.25) is 4.79 Å². The second-order valence-electron chi connectivity index (χ2n) is 4.95. The minimum atomic E-state index is -0.0707. The number of ether oxygens (including phenoxy) is 1. The Morgan fingerprint density at radius 1 is 1.28 bits per heavy atom. The van der Waals surface area contributed by atoms with Crippen molar-refractivity contribution in [2.45, 2.75) is 33.8 Å². The molecule has 0 aromatic heterocycles. The topological polar surface area (TPSA) is 38.3 Å². The van der Waals surface area contributed by atoms with Crippen molar-refractivity contribution in [1.82, 2.24) is 5.32 Å². The van der Waals surface area contributed by atoms with Crippen molar-refractivity contribution in [3.63, 3.8) is 0 Å². The molecule has 0 radical (unpaired) electrons. The molecule has 0 aliphatic carbocycles. The van der Waals surface area contributed by atoms with Crippen molar-refractivity contribution in [2.75, 3.05) is 6.54 Å². The van der Waals surface area contributed by atoms with Gasteiger partial charge in [0.1, 0.15) is 5.75 Å². The van der Waals surface area contributed by atoms with Gasteiger partial charge < -0.3 is 10.1 Å². The van der Waals surface area contributed by atoms with Crippen LogP contribution in [0.2, 0.25) is 0 Å². The Morgan fingerprint density at radius 2 is 1.94 bits per heavy atom. The lowest BCUT2D eigenvalue weighted by Gasteiger charge is -2.12. The van der Waals surface area contributed by atoms with Crippen LogP contribution < -0.4 is 10.1 Å². The maximum Gasteiger partial charge on any atom is 0.251 e. The number of halogens is 1. The van der Waals surface area contributed by atoms with Crippen molar-refractivity contribution in [3.8, 4) is 5.75 Å². The van der Waals surface area contributed by atoms with E-state index >= 15 is 0 Å². The quantitative estimate of drug-likeness (QED) is 0.901. The molecule has 4 heteroatoms. The highest BCUT2D eigenvalue weighted by atomic mass is 79.9. The minimum absolute atomic E-state index is 0.0707. The van der Waals surface area contributed by atoms with E-state index in [4.69, 9.17) is 4.74 Å². The van der Waals surface area contributed by atoms with E-state index in [2.05, 4.69) is 35.1 Å². The molecular formula is C14H20BrNO2. The third-order valence-electron chi connectivity index (χ3n) is 2.18. The first-order chi connectivity index (χ1) is 8.38. The zero-order chi connectivity index (χ0) is 13.7. The molecule has 0 unspecified atom stereocenters. The highest BCUT2D eigenvalue weighted by Crippen LogP contribution is 2.22. The largest absolute Gasteiger partial charge is 0.491 e. The highest BCUT2D eigenvalue weighted by Gasteiger charge is 2.09. The Kier molecular flexibility index (Phi) is 5.66. The van der Waals surface area contributed by atoms with Crippen LogP contribution in [0, 0.1) is 5.92 Å². The first kappa shape index (κ1) is 15.0. The Morgan fingerprint density at radius 3 is 2.50 bits per heavy atom. The molecule has 0 aliphatic rings. The normalized spacial score (nSPS) is 10.8. The molecule has 0 atom stereocenters. The number of nitrogens with one attached hydrogen (secondary N) is 1. The molecule has 0 saturated carbocycles. The van der Waals surface area contributed by atoms with Gasteiger partial charge in [0.15, 0.2) is 0 Å². The summed E-state index contributed by atoms with van der Waals surface area (Å²) in [7, 11) is 0. The van der Waals surface area contributed by atoms with Crippen molar-refractivity contribution < 1.29 is 9.53 Å². The summed E-state index contributed by atoms with van der Waals surface area (Å²) in [4.78, 5) is 12.0. The van der Waals surface area contributed by atoms with E-state index in [1.165, 1.54) is 0 Å². The average Bonchev–Trinajstić information content (AvgIpc) is 2.23. The number of hydrogen-bond donors (Lipinski definition) is 1. The summed E-state index contributed by atoms with van der Waals surface area (Å²) in [6, 6.07) is 5.42. The summed E-state index contributed by atoms with van der Waals surface area (Å²) < 4.78 is 6.44. The number of amides is 1. The van der Waals surface area contributed by atoms with E-state index in [0.717, 1.165) is 4.47 Å². The molecule has 1 aromatic carbocycles. The maximum absolute atomic E-state index is 12.0. The van der Waals surface area contributed by atoms with E-state index in [0.29, 0.717) is 23.8 Å². The van der Waals surface area contributed by atoms with Gasteiger partial charge >= 0.3 is 0 Å². The maximum atomic E-state index is 12.0. The zero-order valence-corrected chi connectivity index (χ0v) is 12.9. The lowest BCUT2D eigenvalue weighted by molar-refractivity contribution is 0.0948. The Balaban J connectivity index is 2.81. The predicted molar refractivity (Wildman–Crippen MR) is 77.1 cm³/mol. The molecule has 3 nitrogen and oxygen atoms in total. The molecule has 1 aromatic rings. The van der Waals surface area contributed by atoms with E-state index in [1.807, 2.05) is 19.9 Å². The van der Waals surface area contributed by atoms with Crippen LogP contribution in [0.3, 0.4) is 0 Å². The van der Waals surface area contributed by atoms with Crippen LogP contribution in [0.1, 0.15) is 38.1 Å². The first-order valence-corrected chi connectivity index (χ1v) is 6.93. The predicted octanol–water partition coefficient (Wildman–Crippen LogP) is 3.62. The fraction of sp³-hybridized carbons (Fsp3) is 0.500. The summed E-state index contributed by atoms with van der Waals surface area (Å²) in [6.45, 7) is 8.72. The molecule has 0 aliphatic heterocycles. The van der Waals surface area contributed by atoms with E-state index in [-0.39, 0.29) is 12.0 Å². The van der Waals surface area contributed by atoms with Gasteiger partial charge in [0.25, 0.3) is 5.91 Å². The fourth-order valence-corrected chi connectivity index (χ4v) is 1.91. The van der Waals surface area contributed by atoms with Crippen LogP contribution in [0.4, 0.5) is 0 Å². The molecule has 0 saturated heterocycles. The van der Waals surface area contributed by atoms with Gasteiger partial charge in [0, 0.05) is 16.6 Å². The molecule has 0 heterocycles. The van der Waals surface area contributed by atoms with Crippen molar-refractivity contribution in [2.24, 2.45) is 5.92 Å². The summed E-state index contributed by atoms with van der Waals surface area (Å²) in [5.41, 5.74) is 0.612. The average molecular weight is 314 g/mol. The highest BCUT2D eigenvalue weighted by molar-refractivity contribution is 9.10. The van der Waals surface area contributed by atoms with Crippen LogP contribution in [0.5, 0.6) is 5.75 Å². The van der Waals surface area contributed by atoms with Crippen molar-refractivity contribution in [3.05, 3.63) is 28.2 Å². The van der Waals surface area contributed by atoms with Gasteiger partial charge in [-0.05, 0) is 38.0 Å². The summed E-state index contributed by atoms with van der Waals surface area (Å²) in [5, 5.41) is 2.89. The van der Waals surface area contributed by atoms with E-state index in [1.54, 1.807) is 12.1 Å². The van der Waals surface area contributed by atoms with Crippen LogP contribution in [-0.4, -0.2) is 18.6 Å². The molecule has 1 amide bonds. The molecule has 0 spiro atoms. The molecule has 0 fully saturated rings. The molecule has 1 N–H and O–H groups in total. The van der Waals surface area contributed by atoms with Crippen LogP contribution in [0.15, 0.2) is 22.7 Å². The standard InChI is InChI=1S/C14H20BrNO2/c1-9(2)8-16-14(17)11-5-12(15)7-13(6-11)18-10(3)4/h5-7,9-10H,8H2,1-4H3,(H,16,17). The molecule has 18 heavy (non-hydrogen) atoms. The number of carbonyl (C=O) groups excluding carboxylic acids is 1. The number of hydrogen-bond acceptors (Lipinski definition) is 2. The second kappa shape index (κ2) is 6.78. The fourth-order valence-electron chi connectivity index (χ4n) is 1.43. The Labute approximate surface area is 117 Å². The number of benzene rings is 1. The Hall–Kier alpha value is -1.03. The van der Waals surface area contributed by atoms with Gasteiger partial charge in [0.05, 0.1) is 6.10 Å². The number of carbonyl (C=O) groups is 1. The van der Waals surface area contributed by atoms with Gasteiger partial charge in [-0.25, -0.2) is 0 Å². The van der Waals surface area contributed by atoms with Gasteiger partial charge in [-0.2, -0.15) is 0 Å². The SMILES string of the molecule is CC(C)CNC(=O)c1cc(Br)cc(OC(C)C)c1. The monoisotopic (exact) mass is 313 g/mol. The lowest BCUT2D eigenvalue weighted by atomic mass is 10.2. The van der Waals surface area contributed by atoms with Crippen LogP contribution in [0.25, 0.3) is 0 Å². The summed E-state index contributed by atoms with van der Waals surface area (Å²) >= 11 is 3.39. The van der Waals surface area contributed by atoms with E-state index in [9.17, 15) is 4.79 Å².